The predicted molar refractivity (Wildman–Crippen MR) is 104 cm³/mol. The van der Waals surface area contributed by atoms with Crippen LogP contribution in [-0.4, -0.2) is 24.6 Å². The number of nitrogen functional groups attached to an aromatic ring is 1. The van der Waals surface area contributed by atoms with Crippen LogP contribution in [0.5, 0.6) is 5.75 Å². The van der Waals surface area contributed by atoms with Crippen LogP contribution in [0.2, 0.25) is 0 Å². The first kappa shape index (κ1) is 18.8. The number of rotatable bonds is 6. The third kappa shape index (κ3) is 5.23. The molecule has 0 atom stereocenters. The Labute approximate surface area is 158 Å². The number of carbonyl (C=O) groups is 2. The van der Waals surface area contributed by atoms with E-state index in [9.17, 15) is 9.59 Å². The first-order valence-corrected chi connectivity index (χ1v) is 9.11. The minimum atomic E-state index is -0.393. The van der Waals surface area contributed by atoms with Crippen molar-refractivity contribution in [2.45, 2.75) is 38.7 Å². The van der Waals surface area contributed by atoms with Gasteiger partial charge in [0, 0.05) is 5.69 Å². The van der Waals surface area contributed by atoms with E-state index >= 15 is 0 Å². The van der Waals surface area contributed by atoms with E-state index in [-0.39, 0.29) is 24.4 Å². The third-order valence-electron chi connectivity index (χ3n) is 4.52. The minimum Gasteiger partial charge on any atom is -0.482 e. The highest BCUT2D eigenvalue weighted by atomic mass is 16.5. The molecule has 0 bridgehead atoms. The van der Waals surface area contributed by atoms with Gasteiger partial charge in [0.15, 0.2) is 6.61 Å². The molecule has 1 saturated carbocycles. The van der Waals surface area contributed by atoms with E-state index in [0.717, 1.165) is 31.2 Å². The molecule has 0 aromatic heterocycles. The number of hydrogen-bond donors (Lipinski definition) is 2. The molecule has 142 valence electrons. The molecule has 1 fully saturated rings. The summed E-state index contributed by atoms with van der Waals surface area (Å²) in [6.07, 6.45) is 3.97. The fourth-order valence-electron chi connectivity index (χ4n) is 2.99. The Balaban J connectivity index is 1.58. The number of aryl methyl sites for hydroxylation is 1. The number of ether oxygens (including phenoxy) is 2. The van der Waals surface area contributed by atoms with Crippen molar-refractivity contribution >= 4 is 23.3 Å². The maximum atomic E-state index is 12.3. The lowest BCUT2D eigenvalue weighted by atomic mass is 10.2. The molecule has 0 spiro atoms. The second kappa shape index (κ2) is 8.58. The number of benzene rings is 2. The van der Waals surface area contributed by atoms with Gasteiger partial charge in [-0.1, -0.05) is 17.7 Å². The van der Waals surface area contributed by atoms with Crippen LogP contribution in [0.4, 0.5) is 11.4 Å². The van der Waals surface area contributed by atoms with Crippen LogP contribution in [0.3, 0.4) is 0 Å². The van der Waals surface area contributed by atoms with Gasteiger partial charge in [-0.05, 0) is 62.9 Å². The normalized spacial score (nSPS) is 14.0. The SMILES string of the molecule is Cc1ccc(NC(=O)COc2cc(C(=O)OC3CCCC3)ccc2N)cc1. The molecule has 6 heteroatoms. The lowest BCUT2D eigenvalue weighted by molar-refractivity contribution is -0.118. The Kier molecular flexibility index (Phi) is 5.96. The molecule has 2 aromatic rings. The molecule has 0 unspecified atom stereocenters. The van der Waals surface area contributed by atoms with Crippen molar-refractivity contribution in [3.63, 3.8) is 0 Å². The Morgan fingerprint density at radius 1 is 1.11 bits per heavy atom. The van der Waals surface area contributed by atoms with Gasteiger partial charge in [0.25, 0.3) is 5.91 Å². The number of anilines is 2. The number of hydrogen-bond acceptors (Lipinski definition) is 5. The highest BCUT2D eigenvalue weighted by Crippen LogP contribution is 2.26. The molecule has 1 aliphatic rings. The van der Waals surface area contributed by atoms with Gasteiger partial charge in [0.05, 0.1) is 11.3 Å². The Morgan fingerprint density at radius 3 is 2.52 bits per heavy atom. The van der Waals surface area contributed by atoms with E-state index < -0.39 is 5.97 Å². The number of carbonyl (C=O) groups excluding carboxylic acids is 2. The van der Waals surface area contributed by atoms with Gasteiger partial charge in [0.2, 0.25) is 0 Å². The zero-order valence-corrected chi connectivity index (χ0v) is 15.4. The quantitative estimate of drug-likeness (QED) is 0.599. The molecule has 0 heterocycles. The zero-order valence-electron chi connectivity index (χ0n) is 15.4. The molecule has 0 saturated heterocycles. The average Bonchev–Trinajstić information content (AvgIpc) is 3.16. The van der Waals surface area contributed by atoms with Crippen molar-refractivity contribution in [3.8, 4) is 5.75 Å². The number of amides is 1. The van der Waals surface area contributed by atoms with Crippen LogP contribution in [0.15, 0.2) is 42.5 Å². The van der Waals surface area contributed by atoms with E-state index in [1.165, 1.54) is 6.07 Å². The summed E-state index contributed by atoms with van der Waals surface area (Å²) in [5.41, 5.74) is 8.42. The van der Waals surface area contributed by atoms with Crippen LogP contribution in [0.1, 0.15) is 41.6 Å². The molecule has 3 N–H and O–H groups in total. The monoisotopic (exact) mass is 368 g/mol. The molecule has 2 aromatic carbocycles. The van der Waals surface area contributed by atoms with Crippen molar-refractivity contribution < 1.29 is 19.1 Å². The van der Waals surface area contributed by atoms with Gasteiger partial charge in [-0.3, -0.25) is 4.79 Å². The van der Waals surface area contributed by atoms with Crippen molar-refractivity contribution in [3.05, 3.63) is 53.6 Å². The van der Waals surface area contributed by atoms with Crippen LogP contribution in [0, 0.1) is 6.92 Å². The fourth-order valence-corrected chi connectivity index (χ4v) is 2.99. The van der Waals surface area contributed by atoms with Gasteiger partial charge >= 0.3 is 5.97 Å². The molecular formula is C21H24N2O4. The van der Waals surface area contributed by atoms with Crippen molar-refractivity contribution in [2.24, 2.45) is 0 Å². The standard InChI is InChI=1S/C21H24N2O4/c1-14-6-9-16(10-7-14)23-20(24)13-26-19-12-15(8-11-18(19)22)21(25)27-17-4-2-3-5-17/h6-12,17H,2-5,13,22H2,1H3,(H,23,24). The van der Waals surface area contributed by atoms with Crippen LogP contribution < -0.4 is 15.8 Å². The minimum absolute atomic E-state index is 0.0142. The summed E-state index contributed by atoms with van der Waals surface area (Å²) in [6.45, 7) is 1.77. The topological polar surface area (TPSA) is 90.6 Å². The summed E-state index contributed by atoms with van der Waals surface area (Å²) in [5.74, 6) is -0.414. The van der Waals surface area contributed by atoms with E-state index in [1.807, 2.05) is 31.2 Å². The maximum Gasteiger partial charge on any atom is 0.338 e. The van der Waals surface area contributed by atoms with E-state index in [2.05, 4.69) is 5.32 Å². The second-order valence-corrected chi connectivity index (χ2v) is 6.77. The van der Waals surface area contributed by atoms with E-state index in [1.54, 1.807) is 12.1 Å². The van der Waals surface area contributed by atoms with Gasteiger partial charge < -0.3 is 20.5 Å². The molecule has 27 heavy (non-hydrogen) atoms. The molecule has 0 radical (unpaired) electrons. The lowest BCUT2D eigenvalue weighted by Gasteiger charge is -2.13. The number of nitrogens with two attached hydrogens (primary N) is 1. The lowest BCUT2D eigenvalue weighted by Crippen LogP contribution is -2.20. The first-order valence-electron chi connectivity index (χ1n) is 9.11. The van der Waals surface area contributed by atoms with Crippen molar-refractivity contribution in [1.29, 1.82) is 0 Å². The van der Waals surface area contributed by atoms with Crippen molar-refractivity contribution in [1.82, 2.24) is 0 Å². The van der Waals surface area contributed by atoms with Gasteiger partial charge in [0.1, 0.15) is 11.9 Å². The molecule has 6 nitrogen and oxygen atoms in total. The van der Waals surface area contributed by atoms with Gasteiger partial charge in [-0.15, -0.1) is 0 Å². The highest BCUT2D eigenvalue weighted by Gasteiger charge is 2.21. The average molecular weight is 368 g/mol. The summed E-state index contributed by atoms with van der Waals surface area (Å²) in [6, 6.07) is 12.2. The van der Waals surface area contributed by atoms with Crippen LogP contribution in [0.25, 0.3) is 0 Å². The Hall–Kier alpha value is -3.02. The summed E-state index contributed by atoms with van der Waals surface area (Å²) in [7, 11) is 0. The van der Waals surface area contributed by atoms with Gasteiger partial charge in [-0.2, -0.15) is 0 Å². The summed E-state index contributed by atoms with van der Waals surface area (Å²) in [5, 5.41) is 2.75. The molecule has 1 amide bonds. The molecule has 0 aliphatic heterocycles. The summed E-state index contributed by atoms with van der Waals surface area (Å²) in [4.78, 5) is 24.3. The molecular weight excluding hydrogens is 344 g/mol. The largest absolute Gasteiger partial charge is 0.482 e. The molecule has 1 aliphatic carbocycles. The molecule has 3 rings (SSSR count). The van der Waals surface area contributed by atoms with E-state index in [4.69, 9.17) is 15.2 Å². The van der Waals surface area contributed by atoms with Crippen LogP contribution >= 0.6 is 0 Å². The fraction of sp³-hybridized carbons (Fsp3) is 0.333. The third-order valence-corrected chi connectivity index (χ3v) is 4.52. The zero-order chi connectivity index (χ0) is 19.2. The van der Waals surface area contributed by atoms with Gasteiger partial charge in [-0.25, -0.2) is 4.79 Å². The van der Waals surface area contributed by atoms with Crippen molar-refractivity contribution in [2.75, 3.05) is 17.7 Å². The predicted octanol–water partition coefficient (Wildman–Crippen LogP) is 3.69. The smallest absolute Gasteiger partial charge is 0.338 e. The second-order valence-electron chi connectivity index (χ2n) is 6.77. The van der Waals surface area contributed by atoms with Crippen LogP contribution in [-0.2, 0) is 9.53 Å². The highest BCUT2D eigenvalue weighted by molar-refractivity contribution is 5.92. The summed E-state index contributed by atoms with van der Waals surface area (Å²) < 4.78 is 11.0. The maximum absolute atomic E-state index is 12.3. The Bertz CT molecular complexity index is 811. The Morgan fingerprint density at radius 2 is 1.81 bits per heavy atom. The summed E-state index contributed by atoms with van der Waals surface area (Å²) >= 11 is 0. The van der Waals surface area contributed by atoms with E-state index in [0.29, 0.717) is 16.9 Å². The number of esters is 1. The first-order chi connectivity index (χ1) is 13.0. The number of nitrogens with one attached hydrogen (secondary N) is 1.